The van der Waals surface area contributed by atoms with Gasteiger partial charge in [0.05, 0.1) is 6.54 Å². The minimum absolute atomic E-state index is 0.0811. The van der Waals surface area contributed by atoms with Gasteiger partial charge in [-0.2, -0.15) is 0 Å². The zero-order valence-electron chi connectivity index (χ0n) is 11.0. The van der Waals surface area contributed by atoms with Gasteiger partial charge in [-0.05, 0) is 31.3 Å². The van der Waals surface area contributed by atoms with Crippen LogP contribution < -0.4 is 10.6 Å². The van der Waals surface area contributed by atoms with Gasteiger partial charge in [-0.1, -0.05) is 6.92 Å². The van der Waals surface area contributed by atoms with Crippen molar-refractivity contribution >= 4 is 11.8 Å². The van der Waals surface area contributed by atoms with E-state index in [-0.39, 0.29) is 23.8 Å². The molecule has 0 aromatic rings. The molecule has 5 heteroatoms. The van der Waals surface area contributed by atoms with E-state index in [2.05, 4.69) is 17.6 Å². The standard InChI is InChI=1S/C12H23N3O2/c1-10(16)15(3)8-11(17)14-9-12(2)4-6-13-7-5-12/h13H,4-9H2,1-3H3,(H,14,17). The average molecular weight is 241 g/mol. The smallest absolute Gasteiger partial charge is 0.239 e. The average Bonchev–Trinajstić information content (AvgIpc) is 2.27. The summed E-state index contributed by atoms with van der Waals surface area (Å²) in [7, 11) is 1.63. The second-order valence-corrected chi connectivity index (χ2v) is 5.21. The lowest BCUT2D eigenvalue weighted by molar-refractivity contribution is -0.133. The Morgan fingerprint density at radius 2 is 1.94 bits per heavy atom. The van der Waals surface area contributed by atoms with E-state index in [4.69, 9.17) is 0 Å². The van der Waals surface area contributed by atoms with Gasteiger partial charge in [0, 0.05) is 20.5 Å². The molecule has 98 valence electrons. The molecule has 2 amide bonds. The minimum atomic E-state index is -0.0896. The maximum atomic E-state index is 11.6. The Labute approximate surface area is 103 Å². The molecule has 2 N–H and O–H groups in total. The van der Waals surface area contributed by atoms with Gasteiger partial charge >= 0.3 is 0 Å². The Morgan fingerprint density at radius 3 is 2.47 bits per heavy atom. The molecule has 1 heterocycles. The van der Waals surface area contributed by atoms with Crippen molar-refractivity contribution < 1.29 is 9.59 Å². The second kappa shape index (κ2) is 6.00. The van der Waals surface area contributed by atoms with Gasteiger partial charge in [-0.3, -0.25) is 9.59 Å². The fraction of sp³-hybridized carbons (Fsp3) is 0.833. The van der Waals surface area contributed by atoms with Crippen molar-refractivity contribution in [2.45, 2.75) is 26.7 Å². The number of carbonyl (C=O) groups excluding carboxylic acids is 2. The van der Waals surface area contributed by atoms with Gasteiger partial charge in [0.1, 0.15) is 0 Å². The molecule has 0 unspecified atom stereocenters. The fourth-order valence-corrected chi connectivity index (χ4v) is 1.90. The number of amides is 2. The molecule has 17 heavy (non-hydrogen) atoms. The molecule has 0 aromatic carbocycles. The molecule has 1 aliphatic rings. The number of hydrogen-bond donors (Lipinski definition) is 2. The molecular formula is C12H23N3O2. The Morgan fingerprint density at radius 1 is 1.35 bits per heavy atom. The summed E-state index contributed by atoms with van der Waals surface area (Å²) >= 11 is 0. The summed E-state index contributed by atoms with van der Waals surface area (Å²) < 4.78 is 0. The largest absolute Gasteiger partial charge is 0.354 e. The highest BCUT2D eigenvalue weighted by Crippen LogP contribution is 2.26. The van der Waals surface area contributed by atoms with Crippen LogP contribution in [-0.2, 0) is 9.59 Å². The highest BCUT2D eigenvalue weighted by Gasteiger charge is 2.27. The number of likely N-dealkylation sites (N-methyl/N-ethyl adjacent to an activating group) is 1. The first-order valence-electron chi connectivity index (χ1n) is 6.12. The van der Waals surface area contributed by atoms with Crippen LogP contribution in [0.5, 0.6) is 0 Å². The van der Waals surface area contributed by atoms with Crippen LogP contribution in [0, 0.1) is 5.41 Å². The zero-order valence-corrected chi connectivity index (χ0v) is 11.0. The van der Waals surface area contributed by atoms with Crippen LogP contribution in [0.1, 0.15) is 26.7 Å². The van der Waals surface area contributed by atoms with Crippen molar-refractivity contribution in [2.24, 2.45) is 5.41 Å². The first-order chi connectivity index (χ1) is 7.93. The molecule has 1 aliphatic heterocycles. The summed E-state index contributed by atoms with van der Waals surface area (Å²) in [6, 6.07) is 0. The third kappa shape index (κ3) is 4.73. The number of nitrogens with one attached hydrogen (secondary N) is 2. The number of hydrogen-bond acceptors (Lipinski definition) is 3. The topological polar surface area (TPSA) is 61.4 Å². The maximum Gasteiger partial charge on any atom is 0.239 e. The maximum absolute atomic E-state index is 11.6. The zero-order chi connectivity index (χ0) is 12.9. The molecule has 1 saturated heterocycles. The lowest BCUT2D eigenvalue weighted by atomic mass is 9.81. The summed E-state index contributed by atoms with van der Waals surface area (Å²) in [6.07, 6.45) is 2.16. The minimum Gasteiger partial charge on any atom is -0.354 e. The van der Waals surface area contributed by atoms with Gasteiger partial charge in [0.2, 0.25) is 11.8 Å². The Kier molecular flexibility index (Phi) is 4.93. The molecule has 0 bridgehead atoms. The third-order valence-corrected chi connectivity index (χ3v) is 3.44. The predicted octanol–water partition coefficient (Wildman–Crippen LogP) is -0.0294. The van der Waals surface area contributed by atoms with Crippen LogP contribution in [0.4, 0.5) is 0 Å². The van der Waals surface area contributed by atoms with Crippen LogP contribution in [0.15, 0.2) is 0 Å². The van der Waals surface area contributed by atoms with Gasteiger partial charge < -0.3 is 15.5 Å². The molecule has 0 radical (unpaired) electrons. The van der Waals surface area contributed by atoms with E-state index in [9.17, 15) is 9.59 Å². The van der Waals surface area contributed by atoms with Crippen molar-refractivity contribution in [3.8, 4) is 0 Å². The summed E-state index contributed by atoms with van der Waals surface area (Å²) in [5.41, 5.74) is 0.190. The van der Waals surface area contributed by atoms with E-state index in [0.29, 0.717) is 6.54 Å². The van der Waals surface area contributed by atoms with Crippen LogP contribution in [-0.4, -0.2) is 49.9 Å². The normalized spacial score (nSPS) is 18.5. The summed E-state index contributed by atoms with van der Waals surface area (Å²) in [6.45, 7) is 6.52. The lowest BCUT2D eigenvalue weighted by Crippen LogP contribution is -2.45. The molecule has 0 aliphatic carbocycles. The number of piperidine rings is 1. The van der Waals surface area contributed by atoms with Crippen molar-refractivity contribution in [2.75, 3.05) is 33.2 Å². The van der Waals surface area contributed by atoms with E-state index < -0.39 is 0 Å². The van der Waals surface area contributed by atoms with Crippen LogP contribution >= 0.6 is 0 Å². The van der Waals surface area contributed by atoms with E-state index in [1.807, 2.05) is 0 Å². The van der Waals surface area contributed by atoms with E-state index in [1.165, 1.54) is 11.8 Å². The molecule has 0 atom stereocenters. The van der Waals surface area contributed by atoms with E-state index in [1.54, 1.807) is 7.05 Å². The van der Waals surface area contributed by atoms with Crippen LogP contribution in [0.25, 0.3) is 0 Å². The second-order valence-electron chi connectivity index (χ2n) is 5.21. The molecule has 0 spiro atoms. The monoisotopic (exact) mass is 241 g/mol. The molecule has 0 saturated carbocycles. The number of nitrogens with zero attached hydrogens (tertiary/aromatic N) is 1. The first kappa shape index (κ1) is 14.0. The number of rotatable bonds is 4. The Bertz CT molecular complexity index is 285. The van der Waals surface area contributed by atoms with Crippen molar-refractivity contribution in [1.82, 2.24) is 15.5 Å². The highest BCUT2D eigenvalue weighted by atomic mass is 16.2. The Balaban J connectivity index is 2.29. The van der Waals surface area contributed by atoms with Gasteiger partial charge in [0.15, 0.2) is 0 Å². The van der Waals surface area contributed by atoms with Crippen molar-refractivity contribution in [3.63, 3.8) is 0 Å². The summed E-state index contributed by atoms with van der Waals surface area (Å²) in [4.78, 5) is 24.0. The Hall–Kier alpha value is -1.10. The summed E-state index contributed by atoms with van der Waals surface area (Å²) in [5.74, 6) is -0.171. The molecular weight excluding hydrogens is 218 g/mol. The number of carbonyl (C=O) groups is 2. The first-order valence-corrected chi connectivity index (χ1v) is 6.12. The quantitative estimate of drug-likeness (QED) is 0.726. The SMILES string of the molecule is CC(=O)N(C)CC(=O)NCC1(C)CCNCC1. The fourth-order valence-electron chi connectivity index (χ4n) is 1.90. The van der Waals surface area contributed by atoms with Crippen molar-refractivity contribution in [1.29, 1.82) is 0 Å². The van der Waals surface area contributed by atoms with Crippen LogP contribution in [0.2, 0.25) is 0 Å². The van der Waals surface area contributed by atoms with Crippen LogP contribution in [0.3, 0.4) is 0 Å². The molecule has 1 rings (SSSR count). The molecule has 5 nitrogen and oxygen atoms in total. The van der Waals surface area contributed by atoms with E-state index in [0.717, 1.165) is 25.9 Å². The molecule has 1 fully saturated rings. The summed E-state index contributed by atoms with van der Waals surface area (Å²) in [5, 5.41) is 6.23. The van der Waals surface area contributed by atoms with Gasteiger partial charge in [0.25, 0.3) is 0 Å². The lowest BCUT2D eigenvalue weighted by Gasteiger charge is -2.34. The van der Waals surface area contributed by atoms with Crippen molar-refractivity contribution in [3.05, 3.63) is 0 Å². The molecule has 0 aromatic heterocycles. The predicted molar refractivity (Wildman–Crippen MR) is 66.5 cm³/mol. The van der Waals surface area contributed by atoms with Gasteiger partial charge in [-0.25, -0.2) is 0 Å². The highest BCUT2D eigenvalue weighted by molar-refractivity contribution is 5.83. The van der Waals surface area contributed by atoms with Gasteiger partial charge in [-0.15, -0.1) is 0 Å². The third-order valence-electron chi connectivity index (χ3n) is 3.44. The van der Waals surface area contributed by atoms with E-state index >= 15 is 0 Å².